The van der Waals surface area contributed by atoms with Crippen LogP contribution in [0.1, 0.15) is 0 Å². The second-order valence-corrected chi connectivity index (χ2v) is 5.89. The summed E-state index contributed by atoms with van der Waals surface area (Å²) in [7, 11) is -5.85. The van der Waals surface area contributed by atoms with Gasteiger partial charge in [-0.3, -0.25) is 0 Å². The molecule has 17 heteroatoms. The number of carbonyl (C=O) groups is 1. The van der Waals surface area contributed by atoms with Gasteiger partial charge in [-0.2, -0.15) is 0 Å². The van der Waals surface area contributed by atoms with Crippen LogP contribution < -0.4 is 5.73 Å². The first kappa shape index (κ1) is 24.9. The van der Waals surface area contributed by atoms with Crippen LogP contribution in [0.2, 0.25) is 0 Å². The number of nitrogens with one attached hydrogen (secondary N) is 1. The number of imidazole rings is 1. The number of rotatable bonds is 6. The molecule has 0 saturated heterocycles. The molecule has 0 aromatic carbocycles. The Labute approximate surface area is 152 Å². The molecule has 2 rings (SSSR count). The fraction of sp³-hybridized carbons (Fsp3) is 0.400. The standard InChI is InChI=1S/C5H5N5.C5H10O5.O5P2/c6-4-3-5(9-1-7-3)10-2-8-4;6-1-3(8)5(10)4(9)2-7;1-6(2)5-7(3)4/h1-2H,(H3,6,7,8,9,10);1,3-5,7-10H,2H2;/p+2. The van der Waals surface area contributed by atoms with Crippen molar-refractivity contribution in [1.29, 1.82) is 0 Å². The van der Waals surface area contributed by atoms with Crippen LogP contribution in [0.25, 0.3) is 11.2 Å². The zero-order valence-corrected chi connectivity index (χ0v) is 15.1. The molecule has 2 aromatic heterocycles. The fourth-order valence-corrected chi connectivity index (χ4v) is 1.74. The molecule has 9 N–H and O–H groups in total. The lowest BCUT2D eigenvalue weighted by Gasteiger charge is -2.16. The molecule has 2 heterocycles. The van der Waals surface area contributed by atoms with Crippen LogP contribution in [-0.4, -0.2) is 81.4 Å². The van der Waals surface area contributed by atoms with Gasteiger partial charge in [0.15, 0.2) is 22.1 Å². The van der Waals surface area contributed by atoms with E-state index in [0.29, 0.717) is 17.0 Å². The van der Waals surface area contributed by atoms with Crippen molar-refractivity contribution in [2.24, 2.45) is 0 Å². The van der Waals surface area contributed by atoms with Gasteiger partial charge in [0, 0.05) is 9.13 Å². The van der Waals surface area contributed by atoms with Crippen molar-refractivity contribution >= 4 is 39.8 Å². The third kappa shape index (κ3) is 10.0. The highest BCUT2D eigenvalue weighted by Gasteiger charge is 2.31. The number of aliphatic hydroxyl groups excluding tert-OH is 4. The maximum atomic E-state index is 9.76. The number of aldehydes is 1. The highest BCUT2D eigenvalue weighted by molar-refractivity contribution is 7.46. The Balaban J connectivity index is 0.000000384. The van der Waals surface area contributed by atoms with Crippen LogP contribution in [0.4, 0.5) is 5.82 Å². The number of aromatic nitrogens is 4. The van der Waals surface area contributed by atoms with Crippen LogP contribution in [0, 0.1) is 0 Å². The molecule has 0 aliphatic rings. The molecule has 0 spiro atoms. The number of nitrogen functional groups attached to an aromatic ring is 1. The number of anilines is 1. The predicted molar refractivity (Wildman–Crippen MR) is 88.0 cm³/mol. The van der Waals surface area contributed by atoms with Crippen molar-refractivity contribution in [2.45, 2.75) is 18.3 Å². The summed E-state index contributed by atoms with van der Waals surface area (Å²) in [5.41, 5.74) is 6.78. The average Bonchev–Trinajstić information content (AvgIpc) is 3.09. The number of hydrogen-bond acceptors (Lipinski definition) is 12. The molecule has 5 unspecified atom stereocenters. The molecule has 0 amide bonds. The SMILES string of the molecule is Nc1ncnc2nc[nH]c12.O=CC(O)C(O)C(O)CO.O=[P+](O)O[P+](=O)O. The third-order valence-corrected chi connectivity index (χ3v) is 3.58. The maximum absolute atomic E-state index is 9.76. The Hall–Kier alpha value is -2.06. The Morgan fingerprint density at radius 1 is 1.19 bits per heavy atom. The Kier molecular flexibility index (Phi) is 12.2. The van der Waals surface area contributed by atoms with Crippen LogP contribution in [0.15, 0.2) is 12.7 Å². The molecule has 0 aliphatic heterocycles. The van der Waals surface area contributed by atoms with Gasteiger partial charge in [-0.15, -0.1) is 9.79 Å². The summed E-state index contributed by atoms with van der Waals surface area (Å²) >= 11 is 0. The molecule has 15 nitrogen and oxygen atoms in total. The van der Waals surface area contributed by atoms with Crippen LogP contribution in [0.3, 0.4) is 0 Å². The van der Waals surface area contributed by atoms with E-state index in [4.69, 9.17) is 35.9 Å². The van der Waals surface area contributed by atoms with Crippen molar-refractivity contribution in [2.75, 3.05) is 12.3 Å². The molecule has 0 radical (unpaired) electrons. The van der Waals surface area contributed by atoms with Gasteiger partial charge >= 0.3 is 16.5 Å². The van der Waals surface area contributed by atoms with E-state index < -0.39 is 41.4 Å². The van der Waals surface area contributed by atoms with Gasteiger partial charge in [0.05, 0.1) is 12.9 Å². The summed E-state index contributed by atoms with van der Waals surface area (Å²) in [5.74, 6) is 0.433. The average molecular weight is 429 g/mol. The van der Waals surface area contributed by atoms with E-state index in [0.717, 1.165) is 0 Å². The largest absolute Gasteiger partial charge is 0.745 e. The Morgan fingerprint density at radius 3 is 2.19 bits per heavy atom. The first-order chi connectivity index (χ1) is 12.6. The van der Waals surface area contributed by atoms with Crippen molar-refractivity contribution in [1.82, 2.24) is 19.9 Å². The molecule has 0 fully saturated rings. The zero-order chi connectivity index (χ0) is 21.0. The summed E-state index contributed by atoms with van der Waals surface area (Å²) in [6, 6.07) is 0. The minimum atomic E-state index is -2.92. The smallest absolute Gasteiger partial charge is 0.394 e. The number of nitrogens with zero attached hydrogens (tertiary/aromatic N) is 3. The number of nitrogens with two attached hydrogens (primary N) is 1. The minimum Gasteiger partial charge on any atom is -0.394 e. The lowest BCUT2D eigenvalue weighted by atomic mass is 10.1. The van der Waals surface area contributed by atoms with Gasteiger partial charge in [0.25, 0.3) is 0 Å². The molecule has 5 atom stereocenters. The number of fused-ring (bicyclic) bond motifs is 1. The van der Waals surface area contributed by atoms with Gasteiger partial charge in [-0.1, -0.05) is 0 Å². The Bertz CT molecular complexity index is 734. The van der Waals surface area contributed by atoms with Gasteiger partial charge in [0.1, 0.15) is 30.2 Å². The highest BCUT2D eigenvalue weighted by atomic mass is 31.2. The van der Waals surface area contributed by atoms with E-state index in [1.807, 2.05) is 0 Å². The first-order valence-electron chi connectivity index (χ1n) is 6.64. The Morgan fingerprint density at radius 2 is 1.78 bits per heavy atom. The van der Waals surface area contributed by atoms with E-state index in [1.165, 1.54) is 12.7 Å². The molecular formula is C10H17N5O10P2+2. The molecule has 2 aromatic rings. The second-order valence-electron chi connectivity index (χ2n) is 4.28. The second kappa shape index (κ2) is 13.2. The topological polar surface area (TPSA) is 262 Å². The van der Waals surface area contributed by atoms with Crippen molar-refractivity contribution < 1.29 is 48.4 Å². The first-order valence-corrected chi connectivity index (χ1v) is 8.90. The third-order valence-electron chi connectivity index (χ3n) is 2.46. The van der Waals surface area contributed by atoms with Crippen molar-refractivity contribution in [3.63, 3.8) is 0 Å². The summed E-state index contributed by atoms with van der Waals surface area (Å²) in [4.78, 5) is 39.5. The van der Waals surface area contributed by atoms with Gasteiger partial charge < -0.3 is 35.9 Å². The quantitative estimate of drug-likeness (QED) is 0.174. The van der Waals surface area contributed by atoms with Crippen molar-refractivity contribution in [3.8, 4) is 0 Å². The minimum absolute atomic E-state index is 0.0869. The van der Waals surface area contributed by atoms with Crippen LogP contribution in [0.5, 0.6) is 0 Å². The normalized spacial score (nSPS) is 14.6. The van der Waals surface area contributed by atoms with E-state index in [9.17, 15) is 13.9 Å². The molecule has 0 saturated carbocycles. The molecule has 0 aliphatic carbocycles. The van der Waals surface area contributed by atoms with Crippen LogP contribution in [-0.2, 0) is 18.2 Å². The molecule has 0 bridgehead atoms. The predicted octanol–water partition coefficient (Wildman–Crippen LogP) is -2.50. The van der Waals surface area contributed by atoms with E-state index in [1.54, 1.807) is 0 Å². The summed E-state index contributed by atoms with van der Waals surface area (Å²) in [6.07, 6.45) is -1.71. The maximum Gasteiger partial charge on any atom is 0.745 e. The monoisotopic (exact) mass is 429 g/mol. The number of hydrogen-bond donors (Lipinski definition) is 8. The van der Waals surface area contributed by atoms with E-state index in [2.05, 4.69) is 24.2 Å². The summed E-state index contributed by atoms with van der Waals surface area (Å²) in [6.45, 7) is -0.688. The zero-order valence-electron chi connectivity index (χ0n) is 13.3. The number of aliphatic hydroxyl groups is 4. The number of aromatic amines is 1. The summed E-state index contributed by atoms with van der Waals surface area (Å²) < 4.78 is 22.2. The lowest BCUT2D eigenvalue weighted by Crippen LogP contribution is -2.40. The van der Waals surface area contributed by atoms with Gasteiger partial charge in [0.2, 0.25) is 0 Å². The molecule has 27 heavy (non-hydrogen) atoms. The number of carbonyl (C=O) groups excluding carboxylic acids is 1. The lowest BCUT2D eigenvalue weighted by molar-refractivity contribution is -0.127. The summed E-state index contributed by atoms with van der Waals surface area (Å²) in [5, 5.41) is 34.1. The van der Waals surface area contributed by atoms with Gasteiger partial charge in [-0.25, -0.2) is 15.0 Å². The van der Waals surface area contributed by atoms with Gasteiger partial charge in [-0.05, 0) is 0 Å². The molecule has 150 valence electrons. The fourth-order valence-electron chi connectivity index (χ4n) is 1.26. The van der Waals surface area contributed by atoms with E-state index in [-0.39, 0.29) is 6.29 Å². The van der Waals surface area contributed by atoms with E-state index >= 15 is 0 Å². The van der Waals surface area contributed by atoms with Crippen molar-refractivity contribution in [3.05, 3.63) is 12.7 Å². The highest BCUT2D eigenvalue weighted by Crippen LogP contribution is 2.30. The number of H-pyrrole nitrogens is 1. The van der Waals surface area contributed by atoms with Crippen LogP contribution >= 0.6 is 16.5 Å². The molecular weight excluding hydrogens is 412 g/mol.